The van der Waals surface area contributed by atoms with Crippen molar-refractivity contribution in [1.82, 2.24) is 4.37 Å². The van der Waals surface area contributed by atoms with Gasteiger partial charge >= 0.3 is 0 Å². The average Bonchev–Trinajstić information content (AvgIpc) is 2.33. The molecule has 0 aliphatic heterocycles. The molecule has 0 amide bonds. The Morgan fingerprint density at radius 3 is 3.30 bits per heavy atom. The predicted octanol–water partition coefficient (Wildman–Crippen LogP) is 2.75. The molecule has 1 radical (unpaired) electrons. The van der Waals surface area contributed by atoms with Gasteiger partial charge in [0.05, 0.1) is 4.70 Å². The van der Waals surface area contributed by atoms with Crippen LogP contribution in [0, 0.1) is 6.20 Å². The maximum Gasteiger partial charge on any atom is 0.112 e. The lowest BCUT2D eigenvalue weighted by atomic mass is 10.3. The van der Waals surface area contributed by atoms with E-state index in [1.54, 1.807) is 0 Å². The Balaban J connectivity index is 2.86. The van der Waals surface area contributed by atoms with Crippen LogP contribution in [-0.4, -0.2) is 4.37 Å². The molecule has 0 aliphatic rings. The first kappa shape index (κ1) is 6.13. The predicted molar refractivity (Wildman–Crippen MR) is 43.5 cm³/mol. The highest BCUT2D eigenvalue weighted by molar-refractivity contribution is 7.13. The van der Waals surface area contributed by atoms with Crippen molar-refractivity contribution in [3.8, 4) is 0 Å². The van der Waals surface area contributed by atoms with Crippen LogP contribution in [0.3, 0.4) is 0 Å². The number of nitrogens with zero attached hydrogens (tertiary/aromatic N) is 1. The minimum Gasteiger partial charge on any atom is -0.190 e. The normalized spacial score (nSPS) is 10.5. The first-order chi connectivity index (χ1) is 4.86. The van der Waals surface area contributed by atoms with Crippen LogP contribution in [0.15, 0.2) is 18.2 Å². The van der Waals surface area contributed by atoms with E-state index in [0.29, 0.717) is 0 Å². The highest BCUT2D eigenvalue weighted by Crippen LogP contribution is 2.20. The van der Waals surface area contributed by atoms with E-state index in [0.717, 1.165) is 15.1 Å². The van der Waals surface area contributed by atoms with Crippen LogP contribution in [0.4, 0.5) is 0 Å². The molecule has 3 heteroatoms. The number of rotatable bonds is 0. The van der Waals surface area contributed by atoms with E-state index >= 15 is 0 Å². The molecule has 1 nitrogen and oxygen atoms in total. The summed E-state index contributed by atoms with van der Waals surface area (Å²) in [6, 6.07) is 5.67. The topological polar surface area (TPSA) is 12.9 Å². The molecule has 1 aromatic carbocycles. The van der Waals surface area contributed by atoms with Gasteiger partial charge in [0.15, 0.2) is 0 Å². The monoisotopic (exact) mass is 168 g/mol. The summed E-state index contributed by atoms with van der Waals surface area (Å²) in [6.45, 7) is 0. The van der Waals surface area contributed by atoms with Crippen LogP contribution in [0.25, 0.3) is 10.1 Å². The Bertz CT molecular complexity index is 355. The second-order valence-corrected chi connectivity index (χ2v) is 3.18. The largest absolute Gasteiger partial charge is 0.190 e. The fraction of sp³-hybridized carbons (Fsp3) is 0. The smallest absolute Gasteiger partial charge is 0.112 e. The van der Waals surface area contributed by atoms with Gasteiger partial charge in [-0.05, 0) is 29.7 Å². The van der Waals surface area contributed by atoms with Gasteiger partial charge in [-0.2, -0.15) is 4.37 Å². The van der Waals surface area contributed by atoms with Crippen molar-refractivity contribution in [1.29, 1.82) is 0 Å². The summed E-state index contributed by atoms with van der Waals surface area (Å²) >= 11 is 7.16. The summed E-state index contributed by atoms with van der Waals surface area (Å²) in [5.74, 6) is 0. The number of benzene rings is 1. The molecule has 0 aliphatic carbocycles. The van der Waals surface area contributed by atoms with E-state index in [9.17, 15) is 0 Å². The number of hydrogen-bond donors (Lipinski definition) is 0. The summed E-state index contributed by atoms with van der Waals surface area (Å²) in [5, 5.41) is 1.74. The van der Waals surface area contributed by atoms with Gasteiger partial charge in [0.2, 0.25) is 0 Å². The zero-order chi connectivity index (χ0) is 6.97. The maximum atomic E-state index is 5.73. The zero-order valence-electron chi connectivity index (χ0n) is 4.97. The van der Waals surface area contributed by atoms with Crippen molar-refractivity contribution in [2.75, 3.05) is 0 Å². The van der Waals surface area contributed by atoms with E-state index in [-0.39, 0.29) is 0 Å². The maximum absolute atomic E-state index is 5.73. The quantitative estimate of drug-likeness (QED) is 0.590. The summed E-state index contributed by atoms with van der Waals surface area (Å²) < 4.78 is 5.03. The summed E-state index contributed by atoms with van der Waals surface area (Å²) in [4.78, 5) is 0. The van der Waals surface area contributed by atoms with Crippen molar-refractivity contribution < 1.29 is 0 Å². The Hall–Kier alpha value is -0.600. The van der Waals surface area contributed by atoms with Crippen LogP contribution in [0.5, 0.6) is 0 Å². The number of halogens is 1. The summed E-state index contributed by atoms with van der Waals surface area (Å²) in [5.41, 5.74) is 0. The molecule has 0 N–H and O–H groups in total. The van der Waals surface area contributed by atoms with Crippen LogP contribution in [0.1, 0.15) is 0 Å². The van der Waals surface area contributed by atoms with Crippen LogP contribution < -0.4 is 0 Å². The molecular weight excluding hydrogens is 166 g/mol. The van der Waals surface area contributed by atoms with Crippen molar-refractivity contribution in [2.45, 2.75) is 0 Å². The zero-order valence-corrected chi connectivity index (χ0v) is 6.54. The molecule has 0 unspecified atom stereocenters. The molecule has 1 aromatic heterocycles. The molecule has 2 rings (SSSR count). The average molecular weight is 169 g/mol. The van der Waals surface area contributed by atoms with E-state index in [2.05, 4.69) is 10.6 Å². The molecule has 0 saturated heterocycles. The van der Waals surface area contributed by atoms with Crippen molar-refractivity contribution in [3.63, 3.8) is 0 Å². The van der Waals surface area contributed by atoms with Gasteiger partial charge in [0, 0.05) is 10.4 Å². The Kier molecular flexibility index (Phi) is 1.36. The SMILES string of the molecule is Clc1ccc2sn[c]c2c1. The Morgan fingerprint density at radius 1 is 1.50 bits per heavy atom. The van der Waals surface area contributed by atoms with Crippen LogP contribution in [0.2, 0.25) is 5.02 Å². The Labute approximate surface area is 67.4 Å². The number of aromatic nitrogens is 1. The van der Waals surface area contributed by atoms with Crippen molar-refractivity contribution >= 4 is 33.2 Å². The fourth-order valence-electron chi connectivity index (χ4n) is 0.790. The molecule has 0 spiro atoms. The van der Waals surface area contributed by atoms with Crippen molar-refractivity contribution in [3.05, 3.63) is 29.4 Å². The molecule has 0 atom stereocenters. The van der Waals surface area contributed by atoms with E-state index in [4.69, 9.17) is 11.6 Å². The van der Waals surface area contributed by atoms with Gasteiger partial charge < -0.3 is 0 Å². The standard InChI is InChI=1S/C7H3ClNS/c8-6-1-2-7-5(3-6)4-9-10-7/h1-3H. The molecule has 49 valence electrons. The van der Waals surface area contributed by atoms with Crippen LogP contribution >= 0.6 is 23.1 Å². The summed E-state index contributed by atoms with van der Waals surface area (Å²) in [7, 11) is 0. The summed E-state index contributed by atoms with van der Waals surface area (Å²) in [6.07, 6.45) is 2.84. The highest BCUT2D eigenvalue weighted by atomic mass is 35.5. The minimum absolute atomic E-state index is 0.740. The second-order valence-electron chi connectivity index (χ2n) is 1.93. The van der Waals surface area contributed by atoms with Gasteiger partial charge in [0.25, 0.3) is 0 Å². The fourth-order valence-corrected chi connectivity index (χ4v) is 1.54. The van der Waals surface area contributed by atoms with E-state index < -0.39 is 0 Å². The first-order valence-corrected chi connectivity index (χ1v) is 3.94. The lowest BCUT2D eigenvalue weighted by Crippen LogP contribution is -1.62. The van der Waals surface area contributed by atoms with E-state index in [1.807, 2.05) is 18.2 Å². The van der Waals surface area contributed by atoms with Gasteiger partial charge in [-0.25, -0.2) is 0 Å². The van der Waals surface area contributed by atoms with Gasteiger partial charge in [0.1, 0.15) is 6.20 Å². The van der Waals surface area contributed by atoms with Crippen molar-refractivity contribution in [2.24, 2.45) is 0 Å². The number of fused-ring (bicyclic) bond motifs is 1. The lowest BCUT2D eigenvalue weighted by Gasteiger charge is -1.86. The molecule has 0 fully saturated rings. The molecule has 0 bridgehead atoms. The van der Waals surface area contributed by atoms with Crippen LogP contribution in [-0.2, 0) is 0 Å². The second kappa shape index (κ2) is 2.22. The Morgan fingerprint density at radius 2 is 2.40 bits per heavy atom. The van der Waals surface area contributed by atoms with E-state index in [1.165, 1.54) is 11.5 Å². The molecule has 0 saturated carbocycles. The minimum atomic E-state index is 0.740. The van der Waals surface area contributed by atoms with Gasteiger partial charge in [-0.15, -0.1) is 0 Å². The van der Waals surface area contributed by atoms with Gasteiger partial charge in [-0.1, -0.05) is 11.6 Å². The third kappa shape index (κ3) is 0.895. The molecular formula is C7H3ClNS. The third-order valence-electron chi connectivity index (χ3n) is 1.25. The molecule has 10 heavy (non-hydrogen) atoms. The van der Waals surface area contributed by atoms with Gasteiger partial charge in [-0.3, -0.25) is 0 Å². The molecule has 2 aromatic rings. The highest BCUT2D eigenvalue weighted by Gasteiger charge is 1.95. The molecule has 1 heterocycles. The number of hydrogen-bond acceptors (Lipinski definition) is 2. The third-order valence-corrected chi connectivity index (χ3v) is 2.22. The lowest BCUT2D eigenvalue weighted by molar-refractivity contribution is 1.58. The first-order valence-electron chi connectivity index (χ1n) is 2.79.